The molecule has 0 bridgehead atoms. The summed E-state index contributed by atoms with van der Waals surface area (Å²) in [6.45, 7) is 0. The Labute approximate surface area is 143 Å². The van der Waals surface area contributed by atoms with E-state index in [9.17, 15) is 4.79 Å². The molecule has 3 aromatic rings. The number of methoxy groups -OCH3 is 1. The number of nitrogens with one attached hydrogen (secondary N) is 1. The van der Waals surface area contributed by atoms with Crippen molar-refractivity contribution in [1.82, 2.24) is 4.98 Å². The van der Waals surface area contributed by atoms with Crippen molar-refractivity contribution in [1.29, 1.82) is 0 Å². The fourth-order valence-corrected chi connectivity index (χ4v) is 2.61. The van der Waals surface area contributed by atoms with Gasteiger partial charge in [0.1, 0.15) is 5.69 Å². The number of aromatic nitrogens is 1. The lowest BCUT2D eigenvalue weighted by molar-refractivity contribution is 0.0596. The molecule has 1 N–H and O–H groups in total. The van der Waals surface area contributed by atoms with E-state index in [1.165, 1.54) is 7.11 Å². The standard InChI is InChI=1S/C18H13Cl2NO2/c1-23-18(22)17-15(11-2-6-13(19)7-3-11)10-16(21-17)12-4-8-14(20)9-5-12/h2-10,21H,1H3. The maximum atomic E-state index is 12.1. The molecule has 0 spiro atoms. The average Bonchev–Trinajstić information content (AvgIpc) is 3.00. The van der Waals surface area contributed by atoms with Gasteiger partial charge < -0.3 is 9.72 Å². The number of carbonyl (C=O) groups is 1. The highest BCUT2D eigenvalue weighted by Crippen LogP contribution is 2.31. The van der Waals surface area contributed by atoms with Crippen molar-refractivity contribution in [2.75, 3.05) is 7.11 Å². The van der Waals surface area contributed by atoms with Crippen LogP contribution in [-0.4, -0.2) is 18.1 Å². The third kappa shape index (κ3) is 3.26. The van der Waals surface area contributed by atoms with Gasteiger partial charge in [-0.05, 0) is 41.5 Å². The van der Waals surface area contributed by atoms with Gasteiger partial charge in [0.05, 0.1) is 7.11 Å². The first-order valence-electron chi connectivity index (χ1n) is 6.91. The minimum absolute atomic E-state index is 0.403. The van der Waals surface area contributed by atoms with Crippen molar-refractivity contribution in [2.24, 2.45) is 0 Å². The molecular formula is C18H13Cl2NO2. The van der Waals surface area contributed by atoms with Gasteiger partial charge in [-0.25, -0.2) is 4.79 Å². The Morgan fingerprint density at radius 2 is 1.43 bits per heavy atom. The lowest BCUT2D eigenvalue weighted by Gasteiger charge is -2.02. The first-order valence-corrected chi connectivity index (χ1v) is 7.67. The van der Waals surface area contributed by atoms with Crippen LogP contribution in [0.5, 0.6) is 0 Å². The number of esters is 1. The van der Waals surface area contributed by atoms with Gasteiger partial charge in [0.25, 0.3) is 0 Å². The normalized spacial score (nSPS) is 10.6. The predicted molar refractivity (Wildman–Crippen MR) is 93.0 cm³/mol. The van der Waals surface area contributed by atoms with Gasteiger partial charge in [-0.15, -0.1) is 0 Å². The van der Waals surface area contributed by atoms with E-state index >= 15 is 0 Å². The molecule has 0 aliphatic carbocycles. The minimum atomic E-state index is -0.421. The second kappa shape index (κ2) is 6.49. The molecule has 23 heavy (non-hydrogen) atoms. The summed E-state index contributed by atoms with van der Waals surface area (Å²) >= 11 is 11.9. The Kier molecular flexibility index (Phi) is 4.42. The summed E-state index contributed by atoms with van der Waals surface area (Å²) in [5.41, 5.74) is 3.79. The summed E-state index contributed by atoms with van der Waals surface area (Å²) in [5.74, 6) is -0.421. The van der Waals surface area contributed by atoms with E-state index in [4.69, 9.17) is 27.9 Å². The van der Waals surface area contributed by atoms with Crippen LogP contribution in [0.1, 0.15) is 10.5 Å². The molecule has 0 aliphatic rings. The Balaban J connectivity index is 2.12. The van der Waals surface area contributed by atoms with E-state index in [1.54, 1.807) is 24.3 Å². The molecule has 0 aliphatic heterocycles. The van der Waals surface area contributed by atoms with Crippen LogP contribution in [0.2, 0.25) is 10.0 Å². The van der Waals surface area contributed by atoms with Gasteiger partial charge in [0.2, 0.25) is 0 Å². The number of hydrogen-bond acceptors (Lipinski definition) is 2. The zero-order chi connectivity index (χ0) is 16.4. The highest BCUT2D eigenvalue weighted by atomic mass is 35.5. The summed E-state index contributed by atoms with van der Waals surface area (Å²) < 4.78 is 4.87. The van der Waals surface area contributed by atoms with Crippen LogP contribution in [-0.2, 0) is 4.74 Å². The van der Waals surface area contributed by atoms with Gasteiger partial charge in [-0.1, -0.05) is 47.5 Å². The molecule has 0 unspecified atom stereocenters. The molecule has 0 saturated carbocycles. The van der Waals surface area contributed by atoms with E-state index in [0.717, 1.165) is 22.4 Å². The molecule has 3 rings (SSSR count). The zero-order valence-corrected chi connectivity index (χ0v) is 13.8. The van der Waals surface area contributed by atoms with Crippen molar-refractivity contribution in [3.63, 3.8) is 0 Å². The van der Waals surface area contributed by atoms with Gasteiger partial charge in [-0.2, -0.15) is 0 Å². The van der Waals surface area contributed by atoms with Crippen LogP contribution < -0.4 is 0 Å². The zero-order valence-electron chi connectivity index (χ0n) is 12.3. The number of rotatable bonds is 3. The molecule has 0 amide bonds. The molecule has 5 heteroatoms. The molecule has 0 saturated heterocycles. The summed E-state index contributed by atoms with van der Waals surface area (Å²) in [5, 5.41) is 1.30. The fourth-order valence-electron chi connectivity index (χ4n) is 2.36. The minimum Gasteiger partial charge on any atom is -0.464 e. The second-order valence-electron chi connectivity index (χ2n) is 4.98. The number of ether oxygens (including phenoxy) is 1. The largest absolute Gasteiger partial charge is 0.464 e. The third-order valence-corrected chi connectivity index (χ3v) is 4.02. The molecule has 0 atom stereocenters. The monoisotopic (exact) mass is 345 g/mol. The molecule has 0 radical (unpaired) electrons. The number of aromatic amines is 1. The van der Waals surface area contributed by atoms with Crippen LogP contribution >= 0.6 is 23.2 Å². The van der Waals surface area contributed by atoms with Crippen molar-refractivity contribution in [2.45, 2.75) is 0 Å². The topological polar surface area (TPSA) is 42.1 Å². The van der Waals surface area contributed by atoms with Gasteiger partial charge >= 0.3 is 5.97 Å². The van der Waals surface area contributed by atoms with E-state index < -0.39 is 5.97 Å². The van der Waals surface area contributed by atoms with Crippen LogP contribution in [0.25, 0.3) is 22.4 Å². The first kappa shape index (κ1) is 15.7. The number of carbonyl (C=O) groups excluding carboxylic acids is 1. The van der Waals surface area contributed by atoms with Gasteiger partial charge in [-0.3, -0.25) is 0 Å². The molecule has 1 aromatic heterocycles. The van der Waals surface area contributed by atoms with E-state index in [2.05, 4.69) is 4.98 Å². The Bertz CT molecular complexity index is 836. The molecule has 3 nitrogen and oxygen atoms in total. The molecule has 0 fully saturated rings. The van der Waals surface area contributed by atoms with Crippen LogP contribution in [0.4, 0.5) is 0 Å². The number of halogens is 2. The summed E-state index contributed by atoms with van der Waals surface area (Å²) in [7, 11) is 1.36. The second-order valence-corrected chi connectivity index (χ2v) is 5.85. The Morgan fingerprint density at radius 1 is 0.913 bits per heavy atom. The number of H-pyrrole nitrogens is 1. The Morgan fingerprint density at radius 3 is 1.96 bits per heavy atom. The fraction of sp³-hybridized carbons (Fsp3) is 0.0556. The van der Waals surface area contributed by atoms with E-state index in [0.29, 0.717) is 15.7 Å². The first-order chi connectivity index (χ1) is 11.1. The van der Waals surface area contributed by atoms with E-state index in [-0.39, 0.29) is 0 Å². The van der Waals surface area contributed by atoms with Gasteiger partial charge in [0.15, 0.2) is 0 Å². The van der Waals surface area contributed by atoms with E-state index in [1.807, 2.05) is 30.3 Å². The smallest absolute Gasteiger partial charge is 0.355 e. The molecule has 1 heterocycles. The number of hydrogen-bond donors (Lipinski definition) is 1. The van der Waals surface area contributed by atoms with Crippen molar-refractivity contribution < 1.29 is 9.53 Å². The van der Waals surface area contributed by atoms with Gasteiger partial charge in [0, 0.05) is 21.3 Å². The highest BCUT2D eigenvalue weighted by Gasteiger charge is 2.18. The maximum absolute atomic E-state index is 12.1. The summed E-state index contributed by atoms with van der Waals surface area (Å²) in [6, 6.07) is 16.6. The summed E-state index contributed by atoms with van der Waals surface area (Å²) in [4.78, 5) is 15.2. The molecule has 2 aromatic carbocycles. The Hall–Kier alpha value is -2.23. The highest BCUT2D eigenvalue weighted by molar-refractivity contribution is 6.31. The van der Waals surface area contributed by atoms with Crippen LogP contribution in [0.15, 0.2) is 54.6 Å². The molecular weight excluding hydrogens is 333 g/mol. The lowest BCUT2D eigenvalue weighted by atomic mass is 10.0. The quantitative estimate of drug-likeness (QED) is 0.642. The average molecular weight is 346 g/mol. The maximum Gasteiger partial charge on any atom is 0.355 e. The van der Waals surface area contributed by atoms with Crippen molar-refractivity contribution in [3.8, 4) is 22.4 Å². The summed E-state index contributed by atoms with van der Waals surface area (Å²) in [6.07, 6.45) is 0. The van der Waals surface area contributed by atoms with Crippen LogP contribution in [0, 0.1) is 0 Å². The SMILES string of the molecule is COC(=O)c1[nH]c(-c2ccc(Cl)cc2)cc1-c1ccc(Cl)cc1. The third-order valence-electron chi connectivity index (χ3n) is 3.52. The van der Waals surface area contributed by atoms with Crippen LogP contribution in [0.3, 0.4) is 0 Å². The molecule has 116 valence electrons. The lowest BCUT2D eigenvalue weighted by Crippen LogP contribution is -2.03. The van der Waals surface area contributed by atoms with Crippen molar-refractivity contribution in [3.05, 3.63) is 70.3 Å². The predicted octanol–water partition coefficient (Wildman–Crippen LogP) is 5.44. The van der Waals surface area contributed by atoms with Crippen molar-refractivity contribution >= 4 is 29.2 Å². The number of benzene rings is 2.